The van der Waals surface area contributed by atoms with Gasteiger partial charge in [0.1, 0.15) is 0 Å². The van der Waals surface area contributed by atoms with E-state index in [2.05, 4.69) is 42.9 Å². The number of ether oxygens (including phenoxy) is 1. The van der Waals surface area contributed by atoms with Crippen molar-refractivity contribution in [1.29, 1.82) is 0 Å². The molecular formula is C15H20BrN3O. The van der Waals surface area contributed by atoms with Gasteiger partial charge in [-0.15, -0.1) is 0 Å². The first-order valence-electron chi connectivity index (χ1n) is 6.84. The molecule has 4 nitrogen and oxygen atoms in total. The van der Waals surface area contributed by atoms with Gasteiger partial charge in [0.2, 0.25) is 5.95 Å². The van der Waals surface area contributed by atoms with Crippen LogP contribution in [0.1, 0.15) is 19.0 Å². The highest BCUT2D eigenvalue weighted by molar-refractivity contribution is 9.10. The van der Waals surface area contributed by atoms with Gasteiger partial charge in [-0.2, -0.15) is 0 Å². The quantitative estimate of drug-likeness (QED) is 0.781. The molecule has 2 rings (SSSR count). The van der Waals surface area contributed by atoms with Crippen LogP contribution >= 0.6 is 15.9 Å². The summed E-state index contributed by atoms with van der Waals surface area (Å²) in [6.07, 6.45) is 3.00. The number of imidazole rings is 1. The zero-order valence-electron chi connectivity index (χ0n) is 11.9. The number of nitrogens with one attached hydrogen (secondary N) is 1. The summed E-state index contributed by atoms with van der Waals surface area (Å²) in [5.74, 6) is 0.872. The first-order valence-corrected chi connectivity index (χ1v) is 7.63. The molecule has 0 amide bonds. The molecule has 20 heavy (non-hydrogen) atoms. The van der Waals surface area contributed by atoms with Crippen LogP contribution in [-0.4, -0.2) is 29.3 Å². The molecule has 1 N–H and O–H groups in total. The Kier molecular flexibility index (Phi) is 5.61. The normalized spacial score (nSPS) is 10.8. The lowest BCUT2D eigenvalue weighted by atomic mass is 10.3. The Morgan fingerprint density at radius 3 is 3.00 bits per heavy atom. The zero-order valence-corrected chi connectivity index (χ0v) is 13.5. The van der Waals surface area contributed by atoms with Gasteiger partial charge in [0.05, 0.1) is 5.69 Å². The van der Waals surface area contributed by atoms with Crippen LogP contribution in [0.25, 0.3) is 5.69 Å². The van der Waals surface area contributed by atoms with Crippen LogP contribution in [0.3, 0.4) is 0 Å². The molecule has 108 valence electrons. The van der Waals surface area contributed by atoms with Gasteiger partial charge >= 0.3 is 0 Å². The summed E-state index contributed by atoms with van der Waals surface area (Å²) >= 11 is 3.50. The number of hydrogen-bond acceptors (Lipinski definition) is 3. The average molecular weight is 338 g/mol. The minimum atomic E-state index is 0.770. The number of aryl methyl sites for hydroxylation is 1. The van der Waals surface area contributed by atoms with E-state index in [-0.39, 0.29) is 0 Å². The fourth-order valence-electron chi connectivity index (χ4n) is 1.96. The van der Waals surface area contributed by atoms with Crippen LogP contribution in [0.2, 0.25) is 0 Å². The Morgan fingerprint density at radius 2 is 2.25 bits per heavy atom. The molecule has 0 saturated carbocycles. The van der Waals surface area contributed by atoms with E-state index in [1.54, 1.807) is 0 Å². The number of benzene rings is 1. The minimum absolute atomic E-state index is 0.770. The first-order chi connectivity index (χ1) is 9.70. The monoisotopic (exact) mass is 337 g/mol. The van der Waals surface area contributed by atoms with Gasteiger partial charge in [-0.3, -0.25) is 4.57 Å². The van der Waals surface area contributed by atoms with Gasteiger partial charge in [0.15, 0.2) is 0 Å². The maximum atomic E-state index is 5.33. The highest BCUT2D eigenvalue weighted by Crippen LogP contribution is 2.20. The summed E-state index contributed by atoms with van der Waals surface area (Å²) in [4.78, 5) is 4.53. The number of nitrogens with zero attached hydrogens (tertiary/aromatic N) is 2. The second-order valence-electron chi connectivity index (χ2n) is 4.53. The SMILES string of the molecule is CCOCCCNc1nc(C)cn1-c1cccc(Br)c1. The van der Waals surface area contributed by atoms with Crippen LogP contribution in [0.15, 0.2) is 34.9 Å². The van der Waals surface area contributed by atoms with Crippen molar-refractivity contribution in [3.05, 3.63) is 40.6 Å². The van der Waals surface area contributed by atoms with Crippen molar-refractivity contribution in [2.24, 2.45) is 0 Å². The van der Waals surface area contributed by atoms with Gasteiger partial charge in [-0.05, 0) is 38.5 Å². The second-order valence-corrected chi connectivity index (χ2v) is 5.45. The van der Waals surface area contributed by atoms with E-state index < -0.39 is 0 Å². The van der Waals surface area contributed by atoms with Crippen molar-refractivity contribution in [2.75, 3.05) is 25.1 Å². The molecule has 5 heteroatoms. The number of aromatic nitrogens is 2. The maximum Gasteiger partial charge on any atom is 0.207 e. The molecule has 0 atom stereocenters. The number of hydrogen-bond donors (Lipinski definition) is 1. The molecule has 0 saturated heterocycles. The van der Waals surface area contributed by atoms with Gasteiger partial charge in [-0.1, -0.05) is 22.0 Å². The van der Waals surface area contributed by atoms with Crippen LogP contribution in [0.4, 0.5) is 5.95 Å². The van der Waals surface area contributed by atoms with E-state index in [0.29, 0.717) is 0 Å². The highest BCUT2D eigenvalue weighted by Gasteiger charge is 2.07. The summed E-state index contributed by atoms with van der Waals surface area (Å²) < 4.78 is 8.46. The predicted molar refractivity (Wildman–Crippen MR) is 85.6 cm³/mol. The number of halogens is 1. The summed E-state index contributed by atoms with van der Waals surface area (Å²) in [7, 11) is 0. The lowest BCUT2D eigenvalue weighted by molar-refractivity contribution is 0.147. The predicted octanol–water partition coefficient (Wildman–Crippen LogP) is 3.78. The van der Waals surface area contributed by atoms with E-state index in [9.17, 15) is 0 Å². The minimum Gasteiger partial charge on any atom is -0.382 e. The van der Waals surface area contributed by atoms with Gasteiger partial charge in [-0.25, -0.2) is 4.98 Å². The molecule has 1 aromatic heterocycles. The molecule has 0 radical (unpaired) electrons. The van der Waals surface area contributed by atoms with E-state index in [0.717, 1.165) is 48.0 Å². The van der Waals surface area contributed by atoms with E-state index >= 15 is 0 Å². The van der Waals surface area contributed by atoms with Crippen LogP contribution in [-0.2, 0) is 4.74 Å². The largest absolute Gasteiger partial charge is 0.382 e. The third-order valence-corrected chi connectivity index (χ3v) is 3.36. The highest BCUT2D eigenvalue weighted by atomic mass is 79.9. The Bertz CT molecular complexity index is 554. The summed E-state index contributed by atoms with van der Waals surface area (Å²) in [5, 5.41) is 3.37. The smallest absolute Gasteiger partial charge is 0.207 e. The molecule has 0 unspecified atom stereocenters. The molecule has 0 bridgehead atoms. The maximum absolute atomic E-state index is 5.33. The lowest BCUT2D eigenvalue weighted by Crippen LogP contribution is -2.09. The average Bonchev–Trinajstić information content (AvgIpc) is 2.80. The van der Waals surface area contributed by atoms with Crippen molar-refractivity contribution in [2.45, 2.75) is 20.3 Å². The molecular weight excluding hydrogens is 318 g/mol. The van der Waals surface area contributed by atoms with Gasteiger partial charge < -0.3 is 10.1 Å². The zero-order chi connectivity index (χ0) is 14.4. The van der Waals surface area contributed by atoms with E-state index in [4.69, 9.17) is 4.74 Å². The molecule has 0 aliphatic rings. The van der Waals surface area contributed by atoms with E-state index in [1.165, 1.54) is 0 Å². The summed E-state index contributed by atoms with van der Waals surface area (Å²) in [5.41, 5.74) is 2.09. The molecule has 0 fully saturated rings. The molecule has 0 aliphatic carbocycles. The number of anilines is 1. The third-order valence-electron chi connectivity index (χ3n) is 2.87. The fraction of sp³-hybridized carbons (Fsp3) is 0.400. The van der Waals surface area contributed by atoms with Crippen LogP contribution < -0.4 is 5.32 Å². The Hall–Kier alpha value is -1.33. The van der Waals surface area contributed by atoms with Crippen molar-refractivity contribution in [3.8, 4) is 5.69 Å². The van der Waals surface area contributed by atoms with Crippen molar-refractivity contribution in [3.63, 3.8) is 0 Å². The Balaban J connectivity index is 2.06. The molecule has 1 aromatic carbocycles. The van der Waals surface area contributed by atoms with Gasteiger partial charge in [0, 0.05) is 36.1 Å². The van der Waals surface area contributed by atoms with Crippen molar-refractivity contribution < 1.29 is 4.74 Å². The van der Waals surface area contributed by atoms with Gasteiger partial charge in [0.25, 0.3) is 0 Å². The molecule has 0 aliphatic heterocycles. The van der Waals surface area contributed by atoms with E-state index in [1.807, 2.05) is 32.2 Å². The topological polar surface area (TPSA) is 39.1 Å². The van der Waals surface area contributed by atoms with Crippen LogP contribution in [0, 0.1) is 6.92 Å². The molecule has 2 aromatic rings. The third kappa shape index (κ3) is 4.08. The summed E-state index contributed by atoms with van der Waals surface area (Å²) in [6.45, 7) is 6.41. The lowest BCUT2D eigenvalue weighted by Gasteiger charge is -2.10. The standard InChI is InChI=1S/C15H20BrN3O/c1-3-20-9-5-8-17-15-18-12(2)11-19(15)14-7-4-6-13(16)10-14/h4,6-7,10-11H,3,5,8-9H2,1-2H3,(H,17,18). The van der Waals surface area contributed by atoms with Crippen molar-refractivity contribution >= 4 is 21.9 Å². The Morgan fingerprint density at radius 1 is 1.40 bits per heavy atom. The number of rotatable bonds is 7. The summed E-state index contributed by atoms with van der Waals surface area (Å²) in [6, 6.07) is 8.18. The molecule has 1 heterocycles. The fourth-order valence-corrected chi connectivity index (χ4v) is 2.35. The Labute approximate surface area is 128 Å². The van der Waals surface area contributed by atoms with Crippen LogP contribution in [0.5, 0.6) is 0 Å². The van der Waals surface area contributed by atoms with Crippen molar-refractivity contribution in [1.82, 2.24) is 9.55 Å². The second kappa shape index (κ2) is 7.45. The first kappa shape index (κ1) is 15.1. The molecule has 0 spiro atoms.